The number of methoxy groups -OCH3 is 1. The lowest BCUT2D eigenvalue weighted by molar-refractivity contribution is -0.141. The zero-order valence-electron chi connectivity index (χ0n) is 14.9. The fourth-order valence-electron chi connectivity index (χ4n) is 3.18. The number of unbranched alkanes of at least 4 members (excludes halogenated alkanes) is 1. The summed E-state index contributed by atoms with van der Waals surface area (Å²) in [6.45, 7) is 2.55. The molecule has 1 aliphatic heterocycles. The fraction of sp³-hybridized carbons (Fsp3) is 0.421. The Morgan fingerprint density at radius 1 is 1.35 bits per heavy atom. The molecule has 1 aromatic heterocycles. The third kappa shape index (κ3) is 3.75. The van der Waals surface area contributed by atoms with Gasteiger partial charge in [-0.15, -0.1) is 0 Å². The van der Waals surface area contributed by atoms with Crippen LogP contribution in [0.3, 0.4) is 0 Å². The van der Waals surface area contributed by atoms with Gasteiger partial charge in [0.15, 0.2) is 0 Å². The van der Waals surface area contributed by atoms with Gasteiger partial charge in [-0.3, -0.25) is 14.3 Å². The van der Waals surface area contributed by atoms with Crippen molar-refractivity contribution < 1.29 is 14.3 Å². The largest absolute Gasteiger partial charge is 0.468 e. The number of halogens is 1. The molecule has 0 bridgehead atoms. The van der Waals surface area contributed by atoms with Crippen molar-refractivity contribution in [3.8, 4) is 11.3 Å². The summed E-state index contributed by atoms with van der Waals surface area (Å²) < 4.78 is 6.54. The van der Waals surface area contributed by atoms with Gasteiger partial charge in [0.25, 0.3) is 5.91 Å². The average molecular weight is 376 g/mol. The summed E-state index contributed by atoms with van der Waals surface area (Å²) in [5.41, 5.74) is 2.13. The highest BCUT2D eigenvalue weighted by Gasteiger charge is 2.33. The second-order valence-corrected chi connectivity index (χ2v) is 6.86. The first-order valence-electron chi connectivity index (χ1n) is 8.75. The summed E-state index contributed by atoms with van der Waals surface area (Å²) in [6, 6.07) is 9.20. The smallest absolute Gasteiger partial charge is 0.325 e. The van der Waals surface area contributed by atoms with Gasteiger partial charge in [-0.2, -0.15) is 5.10 Å². The van der Waals surface area contributed by atoms with Crippen molar-refractivity contribution in [2.75, 3.05) is 20.2 Å². The van der Waals surface area contributed by atoms with E-state index < -0.39 is 5.97 Å². The molecule has 0 N–H and O–H groups in total. The van der Waals surface area contributed by atoms with E-state index in [0.29, 0.717) is 17.3 Å². The maximum Gasteiger partial charge on any atom is 0.325 e. The van der Waals surface area contributed by atoms with E-state index in [4.69, 9.17) is 16.3 Å². The summed E-state index contributed by atoms with van der Waals surface area (Å²) in [5, 5.41) is 5.33. The van der Waals surface area contributed by atoms with Gasteiger partial charge < -0.3 is 9.64 Å². The minimum Gasteiger partial charge on any atom is -0.468 e. The Hall–Kier alpha value is -2.34. The van der Waals surface area contributed by atoms with E-state index in [2.05, 4.69) is 12.0 Å². The summed E-state index contributed by atoms with van der Waals surface area (Å²) >= 11 is 5.95. The third-order valence-corrected chi connectivity index (χ3v) is 4.85. The summed E-state index contributed by atoms with van der Waals surface area (Å²) in [5.74, 6) is -0.616. The normalized spacial score (nSPS) is 16.5. The number of benzene rings is 1. The lowest BCUT2D eigenvalue weighted by Gasteiger charge is -2.32. The molecule has 1 atom stereocenters. The van der Waals surface area contributed by atoms with Crippen molar-refractivity contribution in [2.24, 2.45) is 0 Å². The molecule has 0 spiro atoms. The molecule has 1 amide bonds. The van der Waals surface area contributed by atoms with Crippen LogP contribution in [-0.4, -0.2) is 46.8 Å². The lowest BCUT2D eigenvalue weighted by Crippen LogP contribution is -2.45. The van der Waals surface area contributed by atoms with Crippen LogP contribution in [0.1, 0.15) is 42.7 Å². The highest BCUT2D eigenvalue weighted by molar-refractivity contribution is 6.30. The number of hydrogen-bond acceptors (Lipinski definition) is 4. The molecular formula is C19H22ClN3O3. The molecule has 0 saturated heterocycles. The maximum absolute atomic E-state index is 12.8. The number of carbonyl (C=O) groups is 2. The quantitative estimate of drug-likeness (QED) is 0.724. The molecule has 0 fully saturated rings. The Labute approximate surface area is 157 Å². The first-order chi connectivity index (χ1) is 12.5. The maximum atomic E-state index is 12.8. The van der Waals surface area contributed by atoms with Crippen molar-refractivity contribution >= 4 is 23.5 Å². The summed E-state index contributed by atoms with van der Waals surface area (Å²) in [6.07, 6.45) is 2.98. The van der Waals surface area contributed by atoms with Crippen LogP contribution in [0.15, 0.2) is 30.3 Å². The van der Waals surface area contributed by atoms with E-state index in [0.717, 1.165) is 30.5 Å². The monoisotopic (exact) mass is 375 g/mol. The van der Waals surface area contributed by atoms with E-state index in [1.807, 2.05) is 16.8 Å². The zero-order valence-corrected chi connectivity index (χ0v) is 15.7. The van der Waals surface area contributed by atoms with Crippen LogP contribution in [0.2, 0.25) is 5.02 Å². The summed E-state index contributed by atoms with van der Waals surface area (Å²) in [4.78, 5) is 26.0. The van der Waals surface area contributed by atoms with Crippen LogP contribution < -0.4 is 0 Å². The van der Waals surface area contributed by atoms with Crippen LogP contribution in [0.25, 0.3) is 11.3 Å². The van der Waals surface area contributed by atoms with Gasteiger partial charge in [-0.05, 0) is 24.6 Å². The topological polar surface area (TPSA) is 64.4 Å². The lowest BCUT2D eigenvalue weighted by atomic mass is 10.1. The van der Waals surface area contributed by atoms with Crippen LogP contribution in [0.5, 0.6) is 0 Å². The highest BCUT2D eigenvalue weighted by Crippen LogP contribution is 2.29. The van der Waals surface area contributed by atoms with E-state index in [1.165, 1.54) is 7.11 Å². The van der Waals surface area contributed by atoms with E-state index in [9.17, 15) is 9.59 Å². The Bertz CT molecular complexity index is 801. The number of amides is 1. The number of nitrogens with zero attached hydrogens (tertiary/aromatic N) is 3. The predicted molar refractivity (Wildman–Crippen MR) is 99.2 cm³/mol. The average Bonchev–Trinajstić information content (AvgIpc) is 3.09. The van der Waals surface area contributed by atoms with Gasteiger partial charge in [-0.25, -0.2) is 0 Å². The van der Waals surface area contributed by atoms with Gasteiger partial charge in [-0.1, -0.05) is 43.5 Å². The van der Waals surface area contributed by atoms with Crippen molar-refractivity contribution in [2.45, 2.75) is 32.2 Å². The first-order valence-corrected chi connectivity index (χ1v) is 9.12. The van der Waals surface area contributed by atoms with Crippen LogP contribution in [0.4, 0.5) is 0 Å². The third-order valence-electron chi connectivity index (χ3n) is 4.60. The van der Waals surface area contributed by atoms with Gasteiger partial charge in [0.2, 0.25) is 0 Å². The molecule has 7 heteroatoms. The molecule has 138 valence electrons. The van der Waals surface area contributed by atoms with Gasteiger partial charge in [0, 0.05) is 17.1 Å². The molecule has 3 rings (SSSR count). The van der Waals surface area contributed by atoms with Crippen LogP contribution in [0, 0.1) is 0 Å². The molecule has 0 aliphatic carbocycles. The number of fused-ring (bicyclic) bond motifs is 1. The fourth-order valence-corrected chi connectivity index (χ4v) is 3.31. The highest BCUT2D eigenvalue weighted by atomic mass is 35.5. The Morgan fingerprint density at radius 2 is 2.08 bits per heavy atom. The second kappa shape index (κ2) is 7.91. The van der Waals surface area contributed by atoms with E-state index in [-0.39, 0.29) is 18.5 Å². The molecule has 1 aromatic carbocycles. The first kappa shape index (κ1) is 18.5. The number of esters is 1. The van der Waals surface area contributed by atoms with E-state index >= 15 is 0 Å². The second-order valence-electron chi connectivity index (χ2n) is 6.42. The molecule has 2 heterocycles. The van der Waals surface area contributed by atoms with Crippen LogP contribution >= 0.6 is 11.6 Å². The zero-order chi connectivity index (χ0) is 18.7. The number of aromatic nitrogens is 2. The number of ether oxygens (including phenoxy) is 1. The Kier molecular flexibility index (Phi) is 5.61. The minimum atomic E-state index is -0.418. The minimum absolute atomic E-state index is 0.0422. The number of carbonyl (C=O) groups excluding carboxylic acids is 2. The molecular weight excluding hydrogens is 354 g/mol. The molecule has 0 saturated carbocycles. The molecule has 1 unspecified atom stereocenters. The number of rotatable bonds is 6. The Morgan fingerprint density at radius 3 is 2.73 bits per heavy atom. The predicted octanol–water partition coefficient (Wildman–Crippen LogP) is 3.56. The van der Waals surface area contributed by atoms with Gasteiger partial charge in [0.05, 0.1) is 18.8 Å². The van der Waals surface area contributed by atoms with Gasteiger partial charge in [0.1, 0.15) is 12.2 Å². The molecule has 6 nitrogen and oxygen atoms in total. The van der Waals surface area contributed by atoms with E-state index in [1.54, 1.807) is 23.1 Å². The van der Waals surface area contributed by atoms with Crippen LogP contribution in [-0.2, 0) is 9.53 Å². The molecule has 1 aliphatic rings. The SMILES string of the molecule is CCCCC1CN(CC(=O)OC)C(=O)c2cc(-c3ccc(Cl)cc3)nn21. The summed E-state index contributed by atoms with van der Waals surface area (Å²) in [7, 11) is 1.33. The van der Waals surface area contributed by atoms with Crippen molar-refractivity contribution in [3.05, 3.63) is 41.0 Å². The molecule has 0 radical (unpaired) electrons. The van der Waals surface area contributed by atoms with Crippen molar-refractivity contribution in [3.63, 3.8) is 0 Å². The number of hydrogen-bond donors (Lipinski definition) is 0. The molecule has 2 aromatic rings. The molecule has 26 heavy (non-hydrogen) atoms. The van der Waals surface area contributed by atoms with Crippen molar-refractivity contribution in [1.29, 1.82) is 0 Å². The van der Waals surface area contributed by atoms with Gasteiger partial charge >= 0.3 is 5.97 Å². The standard InChI is InChI=1S/C19H22ClN3O3/c1-3-4-5-15-11-22(12-18(24)26-2)19(25)17-10-16(21-23(15)17)13-6-8-14(20)9-7-13/h6-10,15H,3-5,11-12H2,1-2H3. The Balaban J connectivity index is 1.95. The van der Waals surface area contributed by atoms with Crippen molar-refractivity contribution in [1.82, 2.24) is 14.7 Å².